The highest BCUT2D eigenvalue weighted by atomic mass is 32.2. The minimum Gasteiger partial charge on any atom is -0.328 e. The second-order valence-corrected chi connectivity index (χ2v) is 8.40. The van der Waals surface area contributed by atoms with Crippen molar-refractivity contribution < 1.29 is 26.4 Å². The Kier molecular flexibility index (Phi) is 7.11. The lowest BCUT2D eigenvalue weighted by atomic mass is 9.89. The lowest BCUT2D eigenvalue weighted by Crippen LogP contribution is -2.46. The highest BCUT2D eigenvalue weighted by molar-refractivity contribution is 7.89. The second-order valence-electron chi connectivity index (χ2n) is 6.84. The van der Waals surface area contributed by atoms with E-state index in [2.05, 4.69) is 4.90 Å². The van der Waals surface area contributed by atoms with E-state index < -0.39 is 28.1 Å². The molecule has 28 heavy (non-hydrogen) atoms. The van der Waals surface area contributed by atoms with Gasteiger partial charge in [-0.25, -0.2) is 13.6 Å². The Labute approximate surface area is 163 Å². The smallest absolute Gasteiger partial charge is 0.328 e. The van der Waals surface area contributed by atoms with E-state index in [1.54, 1.807) is 6.07 Å². The molecule has 0 aromatic heterocycles. The topological polar surface area (TPSA) is 83.7 Å². The molecule has 0 saturated heterocycles. The zero-order chi connectivity index (χ0) is 21.1. The van der Waals surface area contributed by atoms with Gasteiger partial charge in [-0.2, -0.15) is 13.2 Å². The van der Waals surface area contributed by atoms with Crippen molar-refractivity contribution in [3.63, 3.8) is 0 Å². The van der Waals surface area contributed by atoms with E-state index in [-0.39, 0.29) is 17.9 Å². The Morgan fingerprint density at radius 1 is 1.29 bits per heavy atom. The molecule has 1 aromatic carbocycles. The van der Waals surface area contributed by atoms with Crippen molar-refractivity contribution >= 4 is 15.9 Å². The maximum absolute atomic E-state index is 13.1. The molecule has 6 nitrogen and oxygen atoms in total. The first kappa shape index (κ1) is 22.6. The summed E-state index contributed by atoms with van der Waals surface area (Å²) in [6.07, 6.45) is -3.87. The fraction of sp³-hybridized carbons (Fsp3) is 0.611. The first-order valence-corrected chi connectivity index (χ1v) is 10.8. The number of carbonyl (C=O) groups is 1. The fourth-order valence-electron chi connectivity index (χ4n) is 3.62. The van der Waals surface area contributed by atoms with Gasteiger partial charge in [0.05, 0.1) is 10.9 Å². The molecule has 1 atom stereocenters. The number of nitrogens with two attached hydrogens (primary N) is 1. The summed E-state index contributed by atoms with van der Waals surface area (Å²) in [5, 5.41) is 5.18. The first-order valence-electron chi connectivity index (χ1n) is 9.24. The molecule has 0 fully saturated rings. The summed E-state index contributed by atoms with van der Waals surface area (Å²) >= 11 is 0. The highest BCUT2D eigenvalue weighted by Gasteiger charge is 2.46. The largest absolute Gasteiger partial charge is 0.471 e. The molecule has 1 unspecified atom stereocenters. The molecular weight excluding hydrogens is 395 g/mol. The zero-order valence-electron chi connectivity index (χ0n) is 16.0. The third kappa shape index (κ3) is 5.24. The van der Waals surface area contributed by atoms with Crippen LogP contribution in [0.15, 0.2) is 23.1 Å². The van der Waals surface area contributed by atoms with Crippen molar-refractivity contribution in [1.29, 1.82) is 0 Å². The van der Waals surface area contributed by atoms with Crippen LogP contribution in [0.3, 0.4) is 0 Å². The lowest BCUT2D eigenvalue weighted by Gasteiger charge is -2.38. The number of benzene rings is 1. The number of hydrogen-bond acceptors (Lipinski definition) is 4. The molecule has 2 N–H and O–H groups in total. The summed E-state index contributed by atoms with van der Waals surface area (Å²) in [5.74, 6) is -1.90. The van der Waals surface area contributed by atoms with Crippen LogP contribution in [0.1, 0.15) is 43.9 Å². The lowest BCUT2D eigenvalue weighted by molar-refractivity contribution is -0.188. The van der Waals surface area contributed by atoms with Gasteiger partial charge in [-0.15, -0.1) is 0 Å². The first-order chi connectivity index (χ1) is 13.0. The van der Waals surface area contributed by atoms with Crippen LogP contribution in [-0.2, 0) is 21.2 Å². The number of amides is 1. The van der Waals surface area contributed by atoms with Gasteiger partial charge in [-0.3, -0.25) is 4.79 Å². The zero-order valence-corrected chi connectivity index (χ0v) is 16.8. The molecule has 0 radical (unpaired) electrons. The van der Waals surface area contributed by atoms with Crippen molar-refractivity contribution in [3.8, 4) is 0 Å². The van der Waals surface area contributed by atoms with Gasteiger partial charge in [-0.05, 0) is 62.2 Å². The summed E-state index contributed by atoms with van der Waals surface area (Å²) in [5.41, 5.74) is 1.17. The Balaban J connectivity index is 2.38. The predicted molar refractivity (Wildman–Crippen MR) is 99.1 cm³/mol. The van der Waals surface area contributed by atoms with Crippen LogP contribution in [0.4, 0.5) is 13.2 Å². The molecule has 1 aliphatic rings. The molecule has 1 heterocycles. The van der Waals surface area contributed by atoms with Crippen LogP contribution in [0, 0.1) is 0 Å². The Morgan fingerprint density at radius 2 is 1.93 bits per heavy atom. The van der Waals surface area contributed by atoms with Crippen LogP contribution >= 0.6 is 0 Å². The number of rotatable bonds is 7. The maximum atomic E-state index is 13.1. The molecule has 0 aliphatic carbocycles. The Hall–Kier alpha value is -1.65. The van der Waals surface area contributed by atoms with Gasteiger partial charge >= 0.3 is 12.1 Å². The van der Waals surface area contributed by atoms with E-state index in [4.69, 9.17) is 5.14 Å². The standard InChI is InChI=1S/C18H26F3N3O3S/c1-3-23(4-2)10-5-6-16-15-12-14(28(22,26)27)8-7-13(15)9-11-24(16)17(25)18(19,20)21/h7-8,12,16H,3-6,9-11H2,1-2H3,(H2,22,26,27). The van der Waals surface area contributed by atoms with E-state index in [0.717, 1.165) is 23.6 Å². The summed E-state index contributed by atoms with van der Waals surface area (Å²) in [6.45, 7) is 6.25. The van der Waals surface area contributed by atoms with E-state index >= 15 is 0 Å². The number of carbonyl (C=O) groups excluding carboxylic acids is 1. The minimum absolute atomic E-state index is 0.0595. The van der Waals surface area contributed by atoms with Crippen molar-refractivity contribution in [2.45, 2.75) is 50.2 Å². The van der Waals surface area contributed by atoms with Gasteiger partial charge in [0.15, 0.2) is 0 Å². The summed E-state index contributed by atoms with van der Waals surface area (Å²) in [4.78, 5) is 14.8. The van der Waals surface area contributed by atoms with Gasteiger partial charge in [0, 0.05) is 6.54 Å². The highest BCUT2D eigenvalue weighted by Crippen LogP contribution is 2.37. The number of hydrogen-bond donors (Lipinski definition) is 1. The summed E-state index contributed by atoms with van der Waals surface area (Å²) in [7, 11) is -4.00. The third-order valence-corrected chi connectivity index (χ3v) is 6.06. The molecule has 0 spiro atoms. The molecule has 158 valence electrons. The molecular formula is C18H26F3N3O3S. The van der Waals surface area contributed by atoms with E-state index in [1.165, 1.54) is 12.1 Å². The molecule has 1 aromatic rings. The number of nitrogens with zero attached hydrogens (tertiary/aromatic N) is 2. The molecule has 10 heteroatoms. The quantitative estimate of drug-likeness (QED) is 0.733. The molecule has 0 saturated carbocycles. The van der Waals surface area contributed by atoms with Crippen LogP contribution in [-0.4, -0.2) is 56.5 Å². The number of fused-ring (bicyclic) bond motifs is 1. The van der Waals surface area contributed by atoms with E-state index in [1.807, 2.05) is 13.8 Å². The SMILES string of the molecule is CCN(CC)CCCC1c2cc(S(N)(=O)=O)ccc2CCN1C(=O)C(F)(F)F. The molecule has 1 amide bonds. The van der Waals surface area contributed by atoms with Gasteiger partial charge < -0.3 is 9.80 Å². The monoisotopic (exact) mass is 421 g/mol. The number of alkyl halides is 3. The van der Waals surface area contributed by atoms with E-state index in [9.17, 15) is 26.4 Å². The number of primary sulfonamides is 1. The Bertz CT molecular complexity index is 808. The van der Waals surface area contributed by atoms with E-state index in [0.29, 0.717) is 24.9 Å². The van der Waals surface area contributed by atoms with Crippen molar-refractivity contribution in [2.24, 2.45) is 5.14 Å². The normalized spacial score (nSPS) is 17.7. The fourth-order valence-corrected chi connectivity index (χ4v) is 4.17. The van der Waals surface area contributed by atoms with Crippen LogP contribution in [0.2, 0.25) is 0 Å². The van der Waals surface area contributed by atoms with Crippen LogP contribution in [0.25, 0.3) is 0 Å². The summed E-state index contributed by atoms with van der Waals surface area (Å²) < 4.78 is 62.7. The third-order valence-electron chi connectivity index (χ3n) is 5.15. The van der Waals surface area contributed by atoms with Crippen LogP contribution < -0.4 is 5.14 Å². The number of halogens is 3. The minimum atomic E-state index is -4.98. The van der Waals surface area contributed by atoms with Crippen molar-refractivity contribution in [1.82, 2.24) is 9.80 Å². The maximum Gasteiger partial charge on any atom is 0.471 e. The molecule has 1 aliphatic heterocycles. The molecule has 2 rings (SSSR count). The Morgan fingerprint density at radius 3 is 2.46 bits per heavy atom. The predicted octanol–water partition coefficient (Wildman–Crippen LogP) is 2.44. The van der Waals surface area contributed by atoms with Gasteiger partial charge in [0.1, 0.15) is 0 Å². The number of sulfonamides is 1. The van der Waals surface area contributed by atoms with Gasteiger partial charge in [-0.1, -0.05) is 19.9 Å². The van der Waals surface area contributed by atoms with Crippen molar-refractivity contribution in [2.75, 3.05) is 26.2 Å². The summed E-state index contributed by atoms with van der Waals surface area (Å²) in [6, 6.07) is 3.39. The second kappa shape index (κ2) is 8.79. The van der Waals surface area contributed by atoms with Gasteiger partial charge in [0.25, 0.3) is 0 Å². The van der Waals surface area contributed by atoms with Gasteiger partial charge in [0.2, 0.25) is 10.0 Å². The van der Waals surface area contributed by atoms with Crippen LogP contribution in [0.5, 0.6) is 0 Å². The average molecular weight is 421 g/mol. The van der Waals surface area contributed by atoms with Crippen molar-refractivity contribution in [3.05, 3.63) is 29.3 Å². The average Bonchev–Trinajstić information content (AvgIpc) is 2.62. The molecule has 0 bridgehead atoms.